The zero-order valence-corrected chi connectivity index (χ0v) is 11.1. The van der Waals surface area contributed by atoms with Crippen molar-refractivity contribution in [2.24, 2.45) is 5.92 Å². The number of aromatic nitrogens is 1. The Balaban J connectivity index is 1.71. The lowest BCUT2D eigenvalue weighted by Crippen LogP contribution is -2.26. The molecule has 2 saturated carbocycles. The van der Waals surface area contributed by atoms with Gasteiger partial charge in [0.05, 0.1) is 12.8 Å². The van der Waals surface area contributed by atoms with Crippen LogP contribution in [0.1, 0.15) is 43.7 Å². The third-order valence-corrected chi connectivity index (χ3v) is 4.28. The highest BCUT2D eigenvalue weighted by atomic mass is 16.5. The summed E-state index contributed by atoms with van der Waals surface area (Å²) in [5, 5.41) is 3.67. The molecule has 0 aromatic carbocycles. The molecule has 0 aliphatic heterocycles. The molecule has 1 aromatic heterocycles. The van der Waals surface area contributed by atoms with Crippen LogP contribution in [0.25, 0.3) is 0 Å². The zero-order chi connectivity index (χ0) is 12.4. The van der Waals surface area contributed by atoms with Gasteiger partial charge in [0.25, 0.3) is 0 Å². The van der Waals surface area contributed by atoms with E-state index in [0.717, 1.165) is 24.3 Å². The van der Waals surface area contributed by atoms with Crippen LogP contribution in [0.4, 0.5) is 0 Å². The lowest BCUT2D eigenvalue weighted by Gasteiger charge is -2.21. The smallest absolute Gasteiger partial charge is 0.140 e. The van der Waals surface area contributed by atoms with Crippen LogP contribution in [-0.2, 0) is 0 Å². The van der Waals surface area contributed by atoms with Gasteiger partial charge in [-0.05, 0) is 50.3 Å². The van der Waals surface area contributed by atoms with Crippen LogP contribution >= 0.6 is 0 Å². The molecular formula is C15H22N2O. The molecule has 1 aromatic rings. The quantitative estimate of drug-likeness (QED) is 0.867. The Morgan fingerprint density at radius 1 is 1.33 bits per heavy atom. The molecule has 3 nitrogen and oxygen atoms in total. The molecule has 2 atom stereocenters. The van der Waals surface area contributed by atoms with Crippen molar-refractivity contribution in [1.82, 2.24) is 10.3 Å². The Morgan fingerprint density at radius 3 is 3.00 bits per heavy atom. The van der Waals surface area contributed by atoms with E-state index in [1.165, 1.54) is 37.8 Å². The normalized spacial score (nSPS) is 27.4. The van der Waals surface area contributed by atoms with Gasteiger partial charge in [-0.1, -0.05) is 6.42 Å². The number of ether oxygens (including phenoxy) is 1. The van der Waals surface area contributed by atoms with Crippen molar-refractivity contribution in [3.8, 4) is 5.75 Å². The fourth-order valence-electron chi connectivity index (χ4n) is 3.10. The van der Waals surface area contributed by atoms with E-state index in [2.05, 4.69) is 10.3 Å². The monoisotopic (exact) mass is 246 g/mol. The summed E-state index contributed by atoms with van der Waals surface area (Å²) in [6.07, 6.45) is 8.52. The average molecular weight is 246 g/mol. The molecule has 0 spiro atoms. The van der Waals surface area contributed by atoms with Gasteiger partial charge >= 0.3 is 0 Å². The summed E-state index contributed by atoms with van der Waals surface area (Å²) < 4.78 is 5.46. The first-order valence-corrected chi connectivity index (χ1v) is 7.10. The van der Waals surface area contributed by atoms with E-state index >= 15 is 0 Å². The van der Waals surface area contributed by atoms with Crippen LogP contribution in [0.15, 0.2) is 18.3 Å². The van der Waals surface area contributed by atoms with E-state index in [1.807, 2.05) is 18.3 Å². The number of nitrogens with zero attached hydrogens (tertiary/aromatic N) is 1. The predicted octanol–water partition coefficient (Wildman–Crippen LogP) is 2.73. The highest BCUT2D eigenvalue weighted by molar-refractivity contribution is 5.31. The predicted molar refractivity (Wildman–Crippen MR) is 71.9 cm³/mol. The Labute approximate surface area is 109 Å². The van der Waals surface area contributed by atoms with E-state index in [9.17, 15) is 0 Å². The summed E-state index contributed by atoms with van der Waals surface area (Å²) in [5.74, 6) is 2.27. The van der Waals surface area contributed by atoms with E-state index in [-0.39, 0.29) is 0 Å². The summed E-state index contributed by atoms with van der Waals surface area (Å²) in [6, 6.07) is 4.79. The first-order valence-electron chi connectivity index (χ1n) is 7.10. The molecule has 98 valence electrons. The summed E-state index contributed by atoms with van der Waals surface area (Å²) in [7, 11) is 1.74. The molecule has 18 heavy (non-hydrogen) atoms. The highest BCUT2D eigenvalue weighted by Gasteiger charge is 2.32. The summed E-state index contributed by atoms with van der Waals surface area (Å²) in [5.41, 5.74) is 1.17. The molecule has 2 aliphatic rings. The second-order valence-electron chi connectivity index (χ2n) is 5.57. The van der Waals surface area contributed by atoms with Crippen LogP contribution < -0.4 is 10.1 Å². The molecule has 0 radical (unpaired) electrons. The van der Waals surface area contributed by atoms with E-state index in [4.69, 9.17) is 4.74 Å². The second kappa shape index (κ2) is 5.27. The SMILES string of the molecule is COc1cccnc1C1CCCC1CNC1CC1. The number of hydrogen-bond acceptors (Lipinski definition) is 3. The first-order chi connectivity index (χ1) is 8.88. The molecule has 3 rings (SSSR count). The molecule has 2 unspecified atom stereocenters. The first kappa shape index (κ1) is 12.0. The average Bonchev–Trinajstić information content (AvgIpc) is 3.13. The molecule has 0 saturated heterocycles. The standard InChI is InChI=1S/C15H22N2O/c1-18-14-6-3-9-16-15(14)13-5-2-4-11(13)10-17-12-7-8-12/h3,6,9,11-13,17H,2,4-5,7-8,10H2,1H3. The molecule has 2 aliphatic carbocycles. The summed E-state index contributed by atoms with van der Waals surface area (Å²) in [6.45, 7) is 1.15. The minimum absolute atomic E-state index is 0.576. The van der Waals surface area contributed by atoms with Crippen LogP contribution in [0.5, 0.6) is 5.75 Å². The largest absolute Gasteiger partial charge is 0.495 e. The van der Waals surface area contributed by atoms with Crippen molar-refractivity contribution in [1.29, 1.82) is 0 Å². The Kier molecular flexibility index (Phi) is 3.50. The van der Waals surface area contributed by atoms with Crippen molar-refractivity contribution in [3.63, 3.8) is 0 Å². The highest BCUT2D eigenvalue weighted by Crippen LogP contribution is 2.41. The van der Waals surface area contributed by atoms with Crippen LogP contribution in [0, 0.1) is 5.92 Å². The number of methoxy groups -OCH3 is 1. The topological polar surface area (TPSA) is 34.1 Å². The zero-order valence-electron chi connectivity index (χ0n) is 11.1. The third-order valence-electron chi connectivity index (χ3n) is 4.28. The summed E-state index contributed by atoms with van der Waals surface area (Å²) >= 11 is 0. The van der Waals surface area contributed by atoms with Gasteiger partial charge in [-0.2, -0.15) is 0 Å². The molecule has 2 fully saturated rings. The van der Waals surface area contributed by atoms with Crippen molar-refractivity contribution in [2.75, 3.05) is 13.7 Å². The van der Waals surface area contributed by atoms with Crippen molar-refractivity contribution >= 4 is 0 Å². The third kappa shape index (κ3) is 2.51. The number of nitrogens with one attached hydrogen (secondary N) is 1. The number of pyridine rings is 1. The molecule has 0 bridgehead atoms. The molecule has 0 amide bonds. The van der Waals surface area contributed by atoms with Crippen LogP contribution in [0.3, 0.4) is 0 Å². The van der Waals surface area contributed by atoms with Gasteiger partial charge < -0.3 is 10.1 Å². The van der Waals surface area contributed by atoms with E-state index < -0.39 is 0 Å². The van der Waals surface area contributed by atoms with Gasteiger partial charge in [-0.15, -0.1) is 0 Å². The van der Waals surface area contributed by atoms with Gasteiger partial charge in [0.15, 0.2) is 0 Å². The number of hydrogen-bond donors (Lipinski definition) is 1. The maximum absolute atomic E-state index is 5.46. The van der Waals surface area contributed by atoms with Crippen molar-refractivity contribution in [2.45, 2.75) is 44.1 Å². The fraction of sp³-hybridized carbons (Fsp3) is 0.667. The molecule has 1 heterocycles. The van der Waals surface area contributed by atoms with Crippen LogP contribution in [0.2, 0.25) is 0 Å². The Bertz CT molecular complexity index is 403. The van der Waals surface area contributed by atoms with E-state index in [1.54, 1.807) is 7.11 Å². The minimum atomic E-state index is 0.576. The Morgan fingerprint density at radius 2 is 2.22 bits per heavy atom. The van der Waals surface area contributed by atoms with Gasteiger partial charge in [-0.3, -0.25) is 4.98 Å². The molecule has 3 heteroatoms. The summed E-state index contributed by atoms with van der Waals surface area (Å²) in [4.78, 5) is 4.57. The maximum atomic E-state index is 5.46. The van der Waals surface area contributed by atoms with Crippen LogP contribution in [-0.4, -0.2) is 24.7 Å². The lowest BCUT2D eigenvalue weighted by molar-refractivity contribution is 0.383. The molecule has 1 N–H and O–H groups in total. The van der Waals surface area contributed by atoms with Gasteiger partial charge in [-0.25, -0.2) is 0 Å². The van der Waals surface area contributed by atoms with Crippen molar-refractivity contribution in [3.05, 3.63) is 24.0 Å². The Hall–Kier alpha value is -1.09. The van der Waals surface area contributed by atoms with Gasteiger partial charge in [0, 0.05) is 18.2 Å². The van der Waals surface area contributed by atoms with E-state index in [0.29, 0.717) is 5.92 Å². The van der Waals surface area contributed by atoms with Crippen molar-refractivity contribution < 1.29 is 4.74 Å². The maximum Gasteiger partial charge on any atom is 0.140 e. The minimum Gasteiger partial charge on any atom is -0.495 e. The molecular weight excluding hydrogens is 224 g/mol. The van der Waals surface area contributed by atoms with Gasteiger partial charge in [0.1, 0.15) is 5.75 Å². The lowest BCUT2D eigenvalue weighted by atomic mass is 9.91. The second-order valence-corrected chi connectivity index (χ2v) is 5.57. The number of rotatable bonds is 5. The van der Waals surface area contributed by atoms with Gasteiger partial charge in [0.2, 0.25) is 0 Å². The fourth-order valence-corrected chi connectivity index (χ4v) is 3.10.